The lowest BCUT2D eigenvalue weighted by molar-refractivity contribution is 0.476. The Morgan fingerprint density at radius 1 is 1.40 bits per heavy atom. The number of halogens is 2. The van der Waals surface area contributed by atoms with E-state index >= 15 is 0 Å². The molecule has 1 aromatic heterocycles. The molecule has 6 heteroatoms. The van der Waals surface area contributed by atoms with Gasteiger partial charge in [-0.05, 0) is 38.0 Å². The molecule has 0 bridgehead atoms. The Bertz CT molecular complexity index is 609. The van der Waals surface area contributed by atoms with Gasteiger partial charge in [-0.3, -0.25) is 10.5 Å². The molecule has 1 heterocycles. The number of aromatic nitrogens is 2. The number of nitrogens with zero attached hydrogens (tertiary/aromatic N) is 2. The van der Waals surface area contributed by atoms with Crippen molar-refractivity contribution in [2.75, 3.05) is 0 Å². The van der Waals surface area contributed by atoms with Crippen molar-refractivity contribution in [3.05, 3.63) is 50.7 Å². The van der Waals surface area contributed by atoms with Crippen molar-refractivity contribution >= 4 is 27.5 Å². The first-order valence-electron chi connectivity index (χ1n) is 6.40. The number of nitrogens with one attached hydrogen (secondary N) is 1. The van der Waals surface area contributed by atoms with Crippen molar-refractivity contribution < 1.29 is 0 Å². The van der Waals surface area contributed by atoms with Gasteiger partial charge >= 0.3 is 0 Å². The smallest absolute Gasteiger partial charge is 0.0904 e. The predicted molar refractivity (Wildman–Crippen MR) is 85.7 cm³/mol. The molecular formula is C14H18BrClN4. The van der Waals surface area contributed by atoms with Crippen molar-refractivity contribution in [1.29, 1.82) is 0 Å². The first-order chi connectivity index (χ1) is 9.45. The molecule has 0 saturated heterocycles. The van der Waals surface area contributed by atoms with E-state index in [0.29, 0.717) is 5.02 Å². The van der Waals surface area contributed by atoms with Crippen molar-refractivity contribution in [3.8, 4) is 0 Å². The number of nitrogens with two attached hydrogens (primary N) is 1. The molecule has 0 amide bonds. The van der Waals surface area contributed by atoms with Crippen LogP contribution in [0.25, 0.3) is 0 Å². The summed E-state index contributed by atoms with van der Waals surface area (Å²) in [6, 6.07) is 6.13. The third-order valence-electron chi connectivity index (χ3n) is 3.18. The van der Waals surface area contributed by atoms with Gasteiger partial charge in [0, 0.05) is 10.5 Å². The van der Waals surface area contributed by atoms with Crippen LogP contribution in [0, 0.1) is 6.92 Å². The van der Waals surface area contributed by atoms with E-state index < -0.39 is 0 Å². The first kappa shape index (κ1) is 15.5. The van der Waals surface area contributed by atoms with Gasteiger partial charge in [0.1, 0.15) is 0 Å². The van der Waals surface area contributed by atoms with E-state index in [0.717, 1.165) is 15.7 Å². The average molecular weight is 358 g/mol. The van der Waals surface area contributed by atoms with Gasteiger partial charge in [-0.2, -0.15) is 5.10 Å². The molecule has 3 N–H and O–H groups in total. The largest absolute Gasteiger partial charge is 0.271 e. The molecule has 4 nitrogen and oxygen atoms in total. The molecule has 0 aliphatic rings. The topological polar surface area (TPSA) is 55.9 Å². The fourth-order valence-electron chi connectivity index (χ4n) is 2.21. The Hall–Kier alpha value is -0.880. The van der Waals surface area contributed by atoms with Gasteiger partial charge in [0.25, 0.3) is 0 Å². The van der Waals surface area contributed by atoms with E-state index in [1.165, 1.54) is 5.56 Å². The number of hydrazine groups is 1. The molecule has 1 unspecified atom stereocenters. The minimum Gasteiger partial charge on any atom is -0.271 e. The van der Waals surface area contributed by atoms with E-state index in [4.69, 9.17) is 17.4 Å². The first-order valence-corrected chi connectivity index (χ1v) is 7.58. The highest BCUT2D eigenvalue weighted by atomic mass is 79.9. The van der Waals surface area contributed by atoms with Gasteiger partial charge in [0.2, 0.25) is 0 Å². The molecule has 0 saturated carbocycles. The second-order valence-corrected chi connectivity index (χ2v) is 6.30. The molecular weight excluding hydrogens is 340 g/mol. The average Bonchev–Trinajstić information content (AvgIpc) is 2.75. The van der Waals surface area contributed by atoms with Gasteiger partial charge in [-0.15, -0.1) is 0 Å². The highest BCUT2D eigenvalue weighted by Gasteiger charge is 2.24. The summed E-state index contributed by atoms with van der Waals surface area (Å²) in [5.74, 6) is 5.77. The fourth-order valence-corrected chi connectivity index (χ4v) is 3.18. The van der Waals surface area contributed by atoms with Gasteiger partial charge < -0.3 is 0 Å². The summed E-state index contributed by atoms with van der Waals surface area (Å²) in [6.07, 6.45) is 1.66. The van der Waals surface area contributed by atoms with Crippen molar-refractivity contribution in [2.24, 2.45) is 5.84 Å². The summed E-state index contributed by atoms with van der Waals surface area (Å²) in [7, 11) is 0. The second kappa shape index (κ2) is 6.26. The van der Waals surface area contributed by atoms with E-state index in [-0.39, 0.29) is 12.1 Å². The maximum atomic E-state index is 6.30. The SMILES string of the molecule is Cc1ccc(C(NN)c2c(Cl)cnn2C(C)C)c(Br)c1. The van der Waals surface area contributed by atoms with Crippen molar-refractivity contribution in [2.45, 2.75) is 32.9 Å². The molecule has 0 fully saturated rings. The van der Waals surface area contributed by atoms with Crippen LogP contribution in [0.4, 0.5) is 0 Å². The fraction of sp³-hybridized carbons (Fsp3) is 0.357. The van der Waals surface area contributed by atoms with Crippen molar-refractivity contribution in [3.63, 3.8) is 0 Å². The quantitative estimate of drug-likeness (QED) is 0.647. The summed E-state index contributed by atoms with van der Waals surface area (Å²) < 4.78 is 2.88. The Balaban J connectivity index is 2.55. The zero-order valence-corrected chi connectivity index (χ0v) is 14.0. The van der Waals surface area contributed by atoms with Crippen LogP contribution >= 0.6 is 27.5 Å². The summed E-state index contributed by atoms with van der Waals surface area (Å²) in [4.78, 5) is 0. The van der Waals surface area contributed by atoms with E-state index in [2.05, 4.69) is 52.4 Å². The lowest BCUT2D eigenvalue weighted by atomic mass is 10.0. The molecule has 0 aliphatic heterocycles. The predicted octanol–water partition coefficient (Wildman–Crippen LogP) is 3.74. The number of benzene rings is 1. The van der Waals surface area contributed by atoms with Crippen LogP contribution in [-0.2, 0) is 0 Å². The summed E-state index contributed by atoms with van der Waals surface area (Å²) >= 11 is 9.89. The highest BCUT2D eigenvalue weighted by molar-refractivity contribution is 9.10. The Labute approximate surface area is 132 Å². The minimum absolute atomic E-state index is 0.206. The molecule has 1 atom stereocenters. The number of rotatable bonds is 4. The van der Waals surface area contributed by atoms with Crippen LogP contribution in [-0.4, -0.2) is 9.78 Å². The van der Waals surface area contributed by atoms with Crippen LogP contribution in [0.3, 0.4) is 0 Å². The number of hydrogen-bond acceptors (Lipinski definition) is 3. The Morgan fingerprint density at radius 3 is 2.65 bits per heavy atom. The van der Waals surface area contributed by atoms with E-state index in [9.17, 15) is 0 Å². The van der Waals surface area contributed by atoms with Crippen LogP contribution in [0.1, 0.15) is 42.8 Å². The van der Waals surface area contributed by atoms with Gasteiger partial charge in [-0.1, -0.05) is 39.7 Å². The number of hydrogen-bond donors (Lipinski definition) is 2. The van der Waals surface area contributed by atoms with Crippen molar-refractivity contribution in [1.82, 2.24) is 15.2 Å². The molecule has 0 spiro atoms. The molecule has 1 aromatic carbocycles. The van der Waals surface area contributed by atoms with E-state index in [1.54, 1.807) is 6.20 Å². The van der Waals surface area contributed by atoms with Crippen LogP contribution in [0.15, 0.2) is 28.9 Å². The summed E-state index contributed by atoms with van der Waals surface area (Å²) in [6.45, 7) is 6.17. The third kappa shape index (κ3) is 2.91. The molecule has 108 valence electrons. The van der Waals surface area contributed by atoms with E-state index in [1.807, 2.05) is 17.7 Å². The second-order valence-electron chi connectivity index (χ2n) is 5.04. The lowest BCUT2D eigenvalue weighted by Crippen LogP contribution is -2.31. The van der Waals surface area contributed by atoms with Crippen LogP contribution in [0.5, 0.6) is 0 Å². The zero-order chi connectivity index (χ0) is 14.9. The summed E-state index contributed by atoms with van der Waals surface area (Å²) in [5, 5.41) is 4.94. The molecule has 0 aliphatic carbocycles. The summed E-state index contributed by atoms with van der Waals surface area (Å²) in [5.41, 5.74) is 5.92. The van der Waals surface area contributed by atoms with Crippen LogP contribution < -0.4 is 11.3 Å². The Morgan fingerprint density at radius 2 is 2.10 bits per heavy atom. The monoisotopic (exact) mass is 356 g/mol. The van der Waals surface area contributed by atoms with Crippen LogP contribution in [0.2, 0.25) is 5.02 Å². The standard InChI is InChI=1S/C14H18BrClN4/c1-8(2)20-14(12(16)7-18-20)13(19-17)10-5-4-9(3)6-11(10)15/h4-8,13,19H,17H2,1-3H3. The maximum absolute atomic E-state index is 6.30. The van der Waals surface area contributed by atoms with Gasteiger partial charge in [0.15, 0.2) is 0 Å². The lowest BCUT2D eigenvalue weighted by Gasteiger charge is -2.22. The number of aryl methyl sites for hydroxylation is 1. The highest BCUT2D eigenvalue weighted by Crippen LogP contribution is 2.33. The third-order valence-corrected chi connectivity index (χ3v) is 4.16. The van der Waals surface area contributed by atoms with Gasteiger partial charge in [0.05, 0.1) is 23.0 Å². The zero-order valence-electron chi connectivity index (χ0n) is 11.7. The maximum Gasteiger partial charge on any atom is 0.0904 e. The normalized spacial score (nSPS) is 12.9. The minimum atomic E-state index is -0.220. The van der Waals surface area contributed by atoms with Gasteiger partial charge in [-0.25, -0.2) is 5.43 Å². The molecule has 2 aromatic rings. The molecule has 0 radical (unpaired) electrons. The molecule has 2 rings (SSSR count). The molecule has 20 heavy (non-hydrogen) atoms. The Kier molecular flexibility index (Phi) is 4.86.